The Balaban J connectivity index is 1.50. The normalized spacial score (nSPS) is 24.0. The highest BCUT2D eigenvalue weighted by atomic mass is 32.2. The van der Waals surface area contributed by atoms with Crippen LogP contribution in [-0.2, 0) is 9.59 Å². The second kappa shape index (κ2) is 6.05. The van der Waals surface area contributed by atoms with Gasteiger partial charge >= 0.3 is 0 Å². The van der Waals surface area contributed by atoms with Crippen LogP contribution in [0.1, 0.15) is 25.7 Å². The highest BCUT2D eigenvalue weighted by molar-refractivity contribution is 8.18. The van der Waals surface area contributed by atoms with Crippen LogP contribution in [-0.4, -0.2) is 34.0 Å². The Labute approximate surface area is 143 Å². The molecule has 4 rings (SSSR count). The van der Waals surface area contributed by atoms with Crippen LogP contribution in [0.25, 0.3) is 0 Å². The Morgan fingerprint density at radius 3 is 2.58 bits per heavy atom. The first-order valence-electron chi connectivity index (χ1n) is 7.97. The molecular formula is C17H16FN3O2S. The molecule has 2 amide bonds. The van der Waals surface area contributed by atoms with Crippen molar-refractivity contribution in [2.75, 3.05) is 5.32 Å². The zero-order valence-corrected chi connectivity index (χ0v) is 13.7. The molecule has 2 saturated carbocycles. The number of amidine groups is 1. The zero-order chi connectivity index (χ0) is 16.7. The Hall–Kier alpha value is -2.15. The second-order valence-corrected chi connectivity index (χ2v) is 7.17. The molecule has 1 aromatic carbocycles. The van der Waals surface area contributed by atoms with Gasteiger partial charge in [-0.05, 0) is 61.7 Å². The Bertz CT molecular complexity index is 752. The van der Waals surface area contributed by atoms with Crippen molar-refractivity contribution in [2.24, 2.45) is 4.99 Å². The molecule has 1 N–H and O–H groups in total. The van der Waals surface area contributed by atoms with E-state index in [2.05, 4.69) is 10.3 Å². The zero-order valence-electron chi connectivity index (χ0n) is 12.9. The molecule has 5 nitrogen and oxygen atoms in total. The molecule has 1 aliphatic heterocycles. The molecule has 2 aliphatic carbocycles. The van der Waals surface area contributed by atoms with E-state index in [1.807, 2.05) is 0 Å². The standard InChI is InChI=1S/C17H16FN3O2S/c18-10-1-3-11(4-2-10)19-15(22)9-14-16(23)21(13-7-8-13)17(24-14)20-12-5-6-12/h1-4,9,12-13H,5-8H2,(H,19,22)/b14-9+,20-17?. The van der Waals surface area contributed by atoms with Crippen molar-refractivity contribution in [2.45, 2.75) is 37.8 Å². The molecular weight excluding hydrogens is 329 g/mol. The number of aliphatic imine (C=N–C) groups is 1. The van der Waals surface area contributed by atoms with Gasteiger partial charge < -0.3 is 5.32 Å². The van der Waals surface area contributed by atoms with E-state index < -0.39 is 5.91 Å². The predicted molar refractivity (Wildman–Crippen MR) is 91.0 cm³/mol. The lowest BCUT2D eigenvalue weighted by Gasteiger charge is -2.13. The number of rotatable bonds is 4. The largest absolute Gasteiger partial charge is 0.322 e. The fourth-order valence-corrected chi connectivity index (χ4v) is 3.50. The summed E-state index contributed by atoms with van der Waals surface area (Å²) in [6.45, 7) is 0. The summed E-state index contributed by atoms with van der Waals surface area (Å²) in [5, 5.41) is 3.37. The smallest absolute Gasteiger partial charge is 0.267 e. The minimum atomic E-state index is -0.402. The first kappa shape index (κ1) is 15.4. The number of benzene rings is 1. The van der Waals surface area contributed by atoms with E-state index in [1.165, 1.54) is 42.1 Å². The lowest BCUT2D eigenvalue weighted by molar-refractivity contribution is -0.123. The Kier molecular flexibility index (Phi) is 3.88. The summed E-state index contributed by atoms with van der Waals surface area (Å²) in [5.41, 5.74) is 0.486. The van der Waals surface area contributed by atoms with Gasteiger partial charge in [-0.2, -0.15) is 0 Å². The Morgan fingerprint density at radius 2 is 1.96 bits per heavy atom. The maximum atomic E-state index is 12.9. The van der Waals surface area contributed by atoms with E-state index in [0.29, 0.717) is 16.6 Å². The van der Waals surface area contributed by atoms with Crippen LogP contribution >= 0.6 is 11.8 Å². The molecule has 124 valence electrons. The molecule has 1 aromatic rings. The van der Waals surface area contributed by atoms with Gasteiger partial charge in [0.1, 0.15) is 5.82 Å². The van der Waals surface area contributed by atoms with Crippen molar-refractivity contribution in [3.63, 3.8) is 0 Å². The number of thioether (sulfide) groups is 1. The van der Waals surface area contributed by atoms with E-state index in [9.17, 15) is 14.0 Å². The lowest BCUT2D eigenvalue weighted by atomic mass is 10.3. The van der Waals surface area contributed by atoms with Crippen LogP contribution in [0.4, 0.5) is 10.1 Å². The molecule has 0 atom stereocenters. The summed E-state index contributed by atoms with van der Waals surface area (Å²) >= 11 is 1.27. The number of carbonyl (C=O) groups is 2. The lowest BCUT2D eigenvalue weighted by Crippen LogP contribution is -2.31. The number of nitrogens with zero attached hydrogens (tertiary/aromatic N) is 2. The van der Waals surface area contributed by atoms with E-state index in [1.54, 1.807) is 4.90 Å². The van der Waals surface area contributed by atoms with Crippen molar-refractivity contribution >= 4 is 34.4 Å². The number of hydrogen-bond donors (Lipinski definition) is 1. The van der Waals surface area contributed by atoms with E-state index >= 15 is 0 Å². The van der Waals surface area contributed by atoms with Gasteiger partial charge in [0.25, 0.3) is 5.91 Å². The molecule has 0 bridgehead atoms. The second-order valence-electron chi connectivity index (χ2n) is 6.16. The molecule has 7 heteroatoms. The minimum absolute atomic E-state index is 0.142. The third-order valence-electron chi connectivity index (χ3n) is 3.96. The van der Waals surface area contributed by atoms with E-state index in [4.69, 9.17) is 0 Å². The number of halogens is 1. The quantitative estimate of drug-likeness (QED) is 0.854. The summed E-state index contributed by atoms with van der Waals surface area (Å²) in [6.07, 6.45) is 5.43. The molecule has 24 heavy (non-hydrogen) atoms. The van der Waals surface area contributed by atoms with Crippen LogP contribution in [0.5, 0.6) is 0 Å². The van der Waals surface area contributed by atoms with Crippen molar-refractivity contribution in [3.8, 4) is 0 Å². The number of amides is 2. The first-order chi connectivity index (χ1) is 11.6. The molecule has 1 saturated heterocycles. The molecule has 3 aliphatic rings. The number of nitrogens with one attached hydrogen (secondary N) is 1. The highest BCUT2D eigenvalue weighted by Crippen LogP contribution is 2.40. The highest BCUT2D eigenvalue weighted by Gasteiger charge is 2.43. The van der Waals surface area contributed by atoms with E-state index in [-0.39, 0.29) is 17.8 Å². The predicted octanol–water partition coefficient (Wildman–Crippen LogP) is 2.90. The Morgan fingerprint density at radius 1 is 1.25 bits per heavy atom. The average Bonchev–Trinajstić information content (AvgIpc) is 3.44. The molecule has 1 heterocycles. The van der Waals surface area contributed by atoms with Gasteiger partial charge in [0.05, 0.1) is 10.9 Å². The topological polar surface area (TPSA) is 61.8 Å². The van der Waals surface area contributed by atoms with Gasteiger partial charge in [-0.25, -0.2) is 4.39 Å². The number of anilines is 1. The number of carbonyl (C=O) groups excluding carboxylic acids is 2. The van der Waals surface area contributed by atoms with Gasteiger partial charge in [-0.3, -0.25) is 19.5 Å². The van der Waals surface area contributed by atoms with Crippen LogP contribution in [0.3, 0.4) is 0 Å². The summed E-state index contributed by atoms with van der Waals surface area (Å²) < 4.78 is 12.9. The third kappa shape index (κ3) is 3.36. The summed E-state index contributed by atoms with van der Waals surface area (Å²) in [7, 11) is 0. The molecule has 0 aromatic heterocycles. The van der Waals surface area contributed by atoms with Crippen molar-refractivity contribution in [1.82, 2.24) is 4.90 Å². The van der Waals surface area contributed by atoms with Crippen molar-refractivity contribution in [1.29, 1.82) is 0 Å². The van der Waals surface area contributed by atoms with Gasteiger partial charge in [-0.1, -0.05) is 0 Å². The average molecular weight is 345 g/mol. The SMILES string of the molecule is O=C(/C=C1/SC(=NC2CC2)N(C2CC2)C1=O)Nc1ccc(F)cc1. The maximum Gasteiger partial charge on any atom is 0.267 e. The molecule has 0 unspecified atom stereocenters. The molecule has 0 radical (unpaired) electrons. The van der Waals surface area contributed by atoms with E-state index in [0.717, 1.165) is 30.9 Å². The van der Waals surface area contributed by atoms with Crippen LogP contribution in [0.15, 0.2) is 40.2 Å². The monoisotopic (exact) mass is 345 g/mol. The van der Waals surface area contributed by atoms with Gasteiger partial charge in [-0.15, -0.1) is 0 Å². The van der Waals surface area contributed by atoms with Crippen molar-refractivity contribution in [3.05, 3.63) is 41.1 Å². The van der Waals surface area contributed by atoms with Crippen LogP contribution in [0, 0.1) is 5.82 Å². The summed E-state index contributed by atoms with van der Waals surface area (Å²) in [5.74, 6) is -0.911. The maximum absolute atomic E-state index is 12.9. The third-order valence-corrected chi connectivity index (χ3v) is 4.96. The first-order valence-corrected chi connectivity index (χ1v) is 8.79. The fraction of sp³-hybridized carbons (Fsp3) is 0.353. The number of hydrogen-bond acceptors (Lipinski definition) is 4. The van der Waals surface area contributed by atoms with Crippen LogP contribution < -0.4 is 5.32 Å². The van der Waals surface area contributed by atoms with Gasteiger partial charge in [0.2, 0.25) is 5.91 Å². The molecule has 3 fully saturated rings. The van der Waals surface area contributed by atoms with Gasteiger partial charge in [0, 0.05) is 17.8 Å². The minimum Gasteiger partial charge on any atom is -0.322 e. The fourth-order valence-electron chi connectivity index (χ4n) is 2.42. The molecule has 0 spiro atoms. The summed E-state index contributed by atoms with van der Waals surface area (Å²) in [4.78, 5) is 31.4. The summed E-state index contributed by atoms with van der Waals surface area (Å²) in [6, 6.07) is 6.06. The van der Waals surface area contributed by atoms with Crippen LogP contribution in [0.2, 0.25) is 0 Å². The van der Waals surface area contributed by atoms with Gasteiger partial charge in [0.15, 0.2) is 5.17 Å². The van der Waals surface area contributed by atoms with Crippen molar-refractivity contribution < 1.29 is 14.0 Å².